The van der Waals surface area contributed by atoms with Gasteiger partial charge in [-0.1, -0.05) is 6.07 Å². The first kappa shape index (κ1) is 22.7. The Morgan fingerprint density at radius 2 is 1.75 bits per heavy atom. The molecule has 0 aliphatic rings. The van der Waals surface area contributed by atoms with Crippen molar-refractivity contribution in [1.82, 2.24) is 9.78 Å². The maximum absolute atomic E-state index is 12.4. The van der Waals surface area contributed by atoms with Crippen LogP contribution in [-0.4, -0.2) is 46.8 Å². The SMILES string of the molecule is COc1ccc(C(Nc2ccc3c(c2)c(=O)[nH]n3C(=O)OC(C)(C)C)C(=O)O)cc1OC. The first-order chi connectivity index (χ1) is 15.0. The van der Waals surface area contributed by atoms with Crippen LogP contribution in [0.3, 0.4) is 0 Å². The van der Waals surface area contributed by atoms with E-state index in [9.17, 15) is 19.5 Å². The van der Waals surface area contributed by atoms with Gasteiger partial charge in [-0.2, -0.15) is 4.68 Å². The molecule has 10 heteroatoms. The molecule has 32 heavy (non-hydrogen) atoms. The number of anilines is 1. The van der Waals surface area contributed by atoms with Gasteiger partial charge in [-0.15, -0.1) is 0 Å². The molecule has 3 N–H and O–H groups in total. The Morgan fingerprint density at radius 3 is 2.34 bits per heavy atom. The van der Waals surface area contributed by atoms with E-state index in [1.807, 2.05) is 0 Å². The highest BCUT2D eigenvalue weighted by atomic mass is 16.6. The third-order valence-electron chi connectivity index (χ3n) is 4.57. The molecule has 0 saturated heterocycles. The summed E-state index contributed by atoms with van der Waals surface area (Å²) in [5, 5.41) is 15.3. The number of carboxylic acids is 1. The number of benzene rings is 2. The smallest absolute Gasteiger partial charge is 0.434 e. The number of hydrogen-bond donors (Lipinski definition) is 3. The third kappa shape index (κ3) is 4.69. The van der Waals surface area contributed by atoms with Crippen LogP contribution in [0.1, 0.15) is 32.4 Å². The molecule has 0 aliphatic heterocycles. The van der Waals surface area contributed by atoms with E-state index in [1.165, 1.54) is 26.4 Å². The van der Waals surface area contributed by atoms with Crippen molar-refractivity contribution in [2.75, 3.05) is 19.5 Å². The molecular formula is C22H25N3O7. The first-order valence-electron chi connectivity index (χ1n) is 9.73. The molecule has 170 valence electrons. The second kappa shape index (κ2) is 8.66. The van der Waals surface area contributed by atoms with E-state index in [1.54, 1.807) is 45.0 Å². The van der Waals surface area contributed by atoms with Gasteiger partial charge in [0.15, 0.2) is 17.5 Å². The number of ether oxygens (including phenoxy) is 3. The molecule has 1 heterocycles. The topological polar surface area (TPSA) is 132 Å². The fourth-order valence-corrected chi connectivity index (χ4v) is 3.16. The van der Waals surface area contributed by atoms with Crippen LogP contribution in [0.4, 0.5) is 10.5 Å². The lowest BCUT2D eigenvalue weighted by Gasteiger charge is -2.19. The van der Waals surface area contributed by atoms with Gasteiger partial charge in [0.25, 0.3) is 5.56 Å². The van der Waals surface area contributed by atoms with Crippen molar-refractivity contribution in [3.8, 4) is 11.5 Å². The Labute approximate surface area is 183 Å². The molecule has 0 bridgehead atoms. The van der Waals surface area contributed by atoms with Crippen molar-refractivity contribution >= 4 is 28.7 Å². The zero-order chi connectivity index (χ0) is 23.6. The quantitative estimate of drug-likeness (QED) is 0.528. The number of aromatic amines is 1. The summed E-state index contributed by atoms with van der Waals surface area (Å²) in [6.07, 6.45) is -0.723. The molecule has 0 saturated carbocycles. The standard InChI is InChI=1S/C22H25N3O7/c1-22(2,3)32-21(29)25-15-8-7-13(11-14(15)19(26)24-25)23-18(20(27)28)12-6-9-16(30-4)17(10-12)31-5/h6-11,18,23H,1-5H3,(H,24,26)(H,27,28). The summed E-state index contributed by atoms with van der Waals surface area (Å²) in [5.41, 5.74) is -0.122. The number of fused-ring (bicyclic) bond motifs is 1. The highest BCUT2D eigenvalue weighted by molar-refractivity contribution is 5.90. The second-order valence-corrected chi connectivity index (χ2v) is 8.02. The lowest BCUT2D eigenvalue weighted by Crippen LogP contribution is -2.28. The largest absolute Gasteiger partial charge is 0.493 e. The second-order valence-electron chi connectivity index (χ2n) is 8.02. The van der Waals surface area contributed by atoms with E-state index in [-0.39, 0.29) is 5.39 Å². The predicted molar refractivity (Wildman–Crippen MR) is 118 cm³/mol. The summed E-state index contributed by atoms with van der Waals surface area (Å²) in [4.78, 5) is 36.7. The Kier molecular flexibility index (Phi) is 6.15. The monoisotopic (exact) mass is 443 g/mol. The van der Waals surface area contributed by atoms with Crippen molar-refractivity contribution in [1.29, 1.82) is 0 Å². The number of methoxy groups -OCH3 is 2. The van der Waals surface area contributed by atoms with Crippen molar-refractivity contribution in [3.63, 3.8) is 0 Å². The number of hydrogen-bond acceptors (Lipinski definition) is 7. The van der Waals surface area contributed by atoms with Gasteiger partial charge in [-0.25, -0.2) is 9.59 Å². The minimum atomic E-state index is -1.13. The van der Waals surface area contributed by atoms with Gasteiger partial charge in [0, 0.05) is 5.69 Å². The number of rotatable bonds is 6. The fraction of sp³-hybridized carbons (Fsp3) is 0.318. The molecule has 0 radical (unpaired) electrons. The average molecular weight is 443 g/mol. The number of nitrogens with zero attached hydrogens (tertiary/aromatic N) is 1. The normalized spacial score (nSPS) is 12.3. The Bertz CT molecular complexity index is 1220. The van der Waals surface area contributed by atoms with Crippen LogP contribution in [-0.2, 0) is 9.53 Å². The van der Waals surface area contributed by atoms with Gasteiger partial charge >= 0.3 is 12.1 Å². The van der Waals surface area contributed by atoms with E-state index < -0.39 is 29.3 Å². The van der Waals surface area contributed by atoms with E-state index in [4.69, 9.17) is 14.2 Å². The van der Waals surface area contributed by atoms with Crippen molar-refractivity contribution in [3.05, 3.63) is 52.3 Å². The van der Waals surface area contributed by atoms with Crippen LogP contribution in [0.25, 0.3) is 10.9 Å². The highest BCUT2D eigenvalue weighted by Crippen LogP contribution is 2.31. The summed E-state index contributed by atoms with van der Waals surface area (Å²) in [5.74, 6) is -0.270. The molecule has 1 unspecified atom stereocenters. The van der Waals surface area contributed by atoms with Crippen molar-refractivity contribution in [2.45, 2.75) is 32.4 Å². The van der Waals surface area contributed by atoms with E-state index >= 15 is 0 Å². The first-order valence-corrected chi connectivity index (χ1v) is 9.73. The zero-order valence-electron chi connectivity index (χ0n) is 18.4. The molecule has 2 aromatic carbocycles. The number of carbonyl (C=O) groups excluding carboxylic acids is 1. The number of aromatic nitrogens is 2. The minimum Gasteiger partial charge on any atom is -0.493 e. The predicted octanol–water partition coefficient (Wildman–Crippen LogP) is 3.37. The van der Waals surface area contributed by atoms with Gasteiger partial charge in [0.05, 0.1) is 25.1 Å². The summed E-state index contributed by atoms with van der Waals surface area (Å²) in [6, 6.07) is 8.25. The lowest BCUT2D eigenvalue weighted by atomic mass is 10.1. The van der Waals surface area contributed by atoms with Crippen molar-refractivity contribution in [2.24, 2.45) is 0 Å². The molecular weight excluding hydrogens is 418 g/mol. The van der Waals surface area contributed by atoms with E-state index in [2.05, 4.69) is 10.4 Å². The van der Waals surface area contributed by atoms with Crippen LogP contribution in [0.15, 0.2) is 41.2 Å². The fourth-order valence-electron chi connectivity index (χ4n) is 3.16. The molecule has 3 rings (SSSR count). The number of carbonyl (C=O) groups is 2. The molecule has 0 fully saturated rings. The number of nitrogens with one attached hydrogen (secondary N) is 2. The molecule has 0 amide bonds. The maximum Gasteiger partial charge on any atom is 0.434 e. The Hall–Kier alpha value is -3.95. The lowest BCUT2D eigenvalue weighted by molar-refractivity contribution is -0.138. The highest BCUT2D eigenvalue weighted by Gasteiger charge is 2.23. The van der Waals surface area contributed by atoms with E-state index in [0.29, 0.717) is 28.3 Å². The summed E-state index contributed by atoms with van der Waals surface area (Å²) in [6.45, 7) is 5.16. The molecule has 0 spiro atoms. The van der Waals surface area contributed by atoms with Gasteiger partial charge in [-0.05, 0) is 56.7 Å². The zero-order valence-corrected chi connectivity index (χ0v) is 18.4. The molecule has 1 aromatic heterocycles. The van der Waals surface area contributed by atoms with E-state index in [0.717, 1.165) is 4.68 Å². The van der Waals surface area contributed by atoms with Crippen molar-refractivity contribution < 1.29 is 28.9 Å². The number of H-pyrrole nitrogens is 1. The van der Waals surface area contributed by atoms with Gasteiger partial charge in [0.2, 0.25) is 0 Å². The Balaban J connectivity index is 1.95. The van der Waals surface area contributed by atoms with Crippen LogP contribution in [0.2, 0.25) is 0 Å². The van der Waals surface area contributed by atoms with Gasteiger partial charge < -0.3 is 24.6 Å². The molecule has 3 aromatic rings. The minimum absolute atomic E-state index is 0.206. The van der Waals surface area contributed by atoms with Crippen LogP contribution < -0.4 is 20.3 Å². The number of carboxylic acid groups (broad SMARTS) is 1. The molecule has 1 atom stereocenters. The third-order valence-corrected chi connectivity index (χ3v) is 4.57. The summed E-state index contributed by atoms with van der Waals surface area (Å²) < 4.78 is 16.8. The van der Waals surface area contributed by atoms with Crippen LogP contribution in [0.5, 0.6) is 11.5 Å². The Morgan fingerprint density at radius 1 is 1.06 bits per heavy atom. The average Bonchev–Trinajstić information content (AvgIpc) is 3.06. The van der Waals surface area contributed by atoms with Gasteiger partial charge in [0.1, 0.15) is 5.60 Å². The molecule has 10 nitrogen and oxygen atoms in total. The summed E-state index contributed by atoms with van der Waals surface area (Å²) >= 11 is 0. The van der Waals surface area contributed by atoms with Crippen LogP contribution >= 0.6 is 0 Å². The van der Waals surface area contributed by atoms with Crippen LogP contribution in [0, 0.1) is 0 Å². The van der Waals surface area contributed by atoms with Gasteiger partial charge in [-0.3, -0.25) is 9.89 Å². The summed E-state index contributed by atoms with van der Waals surface area (Å²) in [7, 11) is 2.95. The number of aliphatic carboxylic acids is 1. The maximum atomic E-state index is 12.4. The molecule has 0 aliphatic carbocycles.